The smallest absolute Gasteiger partial charge is 0.243 e. The van der Waals surface area contributed by atoms with Gasteiger partial charge in [-0.3, -0.25) is 4.79 Å². The van der Waals surface area contributed by atoms with Crippen molar-refractivity contribution in [2.24, 2.45) is 5.92 Å². The summed E-state index contributed by atoms with van der Waals surface area (Å²) in [5.74, 6) is -0.628. The van der Waals surface area contributed by atoms with Gasteiger partial charge in [-0.2, -0.15) is 4.31 Å². The summed E-state index contributed by atoms with van der Waals surface area (Å²) < 4.78 is 39.7. The minimum absolute atomic E-state index is 0.00527. The number of rotatable bonds is 8. The fourth-order valence-corrected chi connectivity index (χ4v) is 5.30. The maximum atomic E-state index is 13.0. The zero-order chi connectivity index (χ0) is 20.9. The highest BCUT2D eigenvalue weighted by molar-refractivity contribution is 7.89. The highest BCUT2D eigenvalue weighted by Crippen LogP contribution is 2.24. The van der Waals surface area contributed by atoms with Gasteiger partial charge in [0, 0.05) is 19.0 Å². The van der Waals surface area contributed by atoms with Crippen LogP contribution in [0.2, 0.25) is 0 Å². The van der Waals surface area contributed by atoms with E-state index in [-0.39, 0.29) is 16.7 Å². The van der Waals surface area contributed by atoms with Crippen LogP contribution >= 0.6 is 0 Å². The number of nitrogens with zero attached hydrogens (tertiary/aromatic N) is 1. The Hall–Kier alpha value is -1.51. The van der Waals surface area contributed by atoms with E-state index in [9.17, 15) is 17.6 Å². The topological polar surface area (TPSA) is 70.9 Å². The van der Waals surface area contributed by atoms with E-state index in [2.05, 4.69) is 33.0 Å². The summed E-state index contributed by atoms with van der Waals surface area (Å²) in [5.41, 5.74) is 0. The minimum Gasteiger partial charge on any atom is -0.350 e. The van der Waals surface area contributed by atoms with Crippen LogP contribution in [-0.2, 0) is 14.8 Å². The van der Waals surface area contributed by atoms with Crippen molar-refractivity contribution in [1.82, 2.24) is 9.62 Å². The molecule has 158 valence electrons. The summed E-state index contributed by atoms with van der Waals surface area (Å²) in [6.45, 7) is 10.8. The van der Waals surface area contributed by atoms with Crippen LogP contribution in [0.1, 0.15) is 40.5 Å². The van der Waals surface area contributed by atoms with Gasteiger partial charge in [0.2, 0.25) is 15.9 Å². The van der Waals surface area contributed by atoms with Crippen molar-refractivity contribution in [2.45, 2.75) is 57.5 Å². The first-order chi connectivity index (χ1) is 13.1. The zero-order valence-corrected chi connectivity index (χ0v) is 18.1. The summed E-state index contributed by atoms with van der Waals surface area (Å²) in [5, 5.41) is 3.01. The molecular weight excluding hydrogens is 381 g/mol. The van der Waals surface area contributed by atoms with Crippen LogP contribution in [-0.4, -0.2) is 56.9 Å². The molecule has 0 aromatic heterocycles. The monoisotopic (exact) mass is 414 g/mol. The number of benzene rings is 1. The lowest BCUT2D eigenvalue weighted by atomic mass is 9.97. The van der Waals surface area contributed by atoms with Crippen LogP contribution < -0.4 is 10.2 Å². The highest BCUT2D eigenvalue weighted by Gasteiger charge is 2.32. The quantitative estimate of drug-likeness (QED) is 0.668. The Kier molecular flexibility index (Phi) is 7.97. The van der Waals surface area contributed by atoms with E-state index in [1.54, 1.807) is 0 Å². The van der Waals surface area contributed by atoms with Crippen molar-refractivity contribution >= 4 is 15.9 Å². The lowest BCUT2D eigenvalue weighted by Crippen LogP contribution is -3.18. The van der Waals surface area contributed by atoms with Gasteiger partial charge in [-0.1, -0.05) is 0 Å². The van der Waals surface area contributed by atoms with Crippen molar-refractivity contribution in [3.8, 4) is 0 Å². The molecule has 0 atom stereocenters. The van der Waals surface area contributed by atoms with Crippen LogP contribution in [0.5, 0.6) is 0 Å². The maximum Gasteiger partial charge on any atom is 0.243 e. The normalized spacial score (nSPS) is 16.9. The molecule has 6 nitrogen and oxygen atoms in total. The molecular formula is C20H33FN3O3S+. The molecule has 8 heteroatoms. The second-order valence-electron chi connectivity index (χ2n) is 8.06. The number of nitrogens with one attached hydrogen (secondary N) is 2. The van der Waals surface area contributed by atoms with Gasteiger partial charge in [-0.15, -0.1) is 0 Å². The maximum absolute atomic E-state index is 13.0. The molecule has 2 N–H and O–H groups in total. The molecule has 0 aliphatic carbocycles. The van der Waals surface area contributed by atoms with E-state index in [0.717, 1.165) is 18.7 Å². The van der Waals surface area contributed by atoms with Crippen molar-refractivity contribution in [3.05, 3.63) is 30.1 Å². The van der Waals surface area contributed by atoms with Gasteiger partial charge >= 0.3 is 0 Å². The van der Waals surface area contributed by atoms with Crippen molar-refractivity contribution in [3.63, 3.8) is 0 Å². The Bertz CT molecular complexity index is 734. The van der Waals surface area contributed by atoms with Gasteiger partial charge in [0.05, 0.1) is 30.1 Å². The number of hydrogen-bond acceptors (Lipinski definition) is 3. The summed E-state index contributed by atoms with van der Waals surface area (Å²) in [4.78, 5) is 14.0. The van der Waals surface area contributed by atoms with E-state index < -0.39 is 15.8 Å². The SMILES string of the molecule is CC(C)[NH+](CCNC(=O)C1CCN(S(=O)(=O)c2ccc(F)cc2)CC1)C(C)C. The molecule has 1 aromatic rings. The van der Waals surface area contributed by atoms with Gasteiger partial charge in [-0.25, -0.2) is 12.8 Å². The van der Waals surface area contributed by atoms with Crippen LogP contribution in [0.3, 0.4) is 0 Å². The predicted octanol–water partition coefficient (Wildman–Crippen LogP) is 1.04. The first kappa shape index (κ1) is 22.8. The number of halogens is 1. The molecule has 1 aliphatic rings. The van der Waals surface area contributed by atoms with E-state index in [0.29, 0.717) is 44.6 Å². The van der Waals surface area contributed by atoms with E-state index in [4.69, 9.17) is 0 Å². The molecule has 1 aliphatic heterocycles. The van der Waals surface area contributed by atoms with Crippen LogP contribution in [0.25, 0.3) is 0 Å². The third-order valence-electron chi connectivity index (χ3n) is 5.47. The van der Waals surface area contributed by atoms with E-state index in [1.807, 2.05) is 0 Å². The van der Waals surface area contributed by atoms with Gasteiger partial charge in [-0.05, 0) is 64.8 Å². The van der Waals surface area contributed by atoms with Gasteiger partial charge in [0.25, 0.3) is 0 Å². The van der Waals surface area contributed by atoms with Gasteiger partial charge in [0.1, 0.15) is 5.82 Å². The largest absolute Gasteiger partial charge is 0.350 e. The molecule has 0 saturated carbocycles. The standard InChI is InChI=1S/C20H32FN3O3S/c1-15(2)24(16(3)4)14-11-22-20(25)17-9-12-23(13-10-17)28(26,27)19-7-5-18(21)6-8-19/h5-8,15-17H,9-14H2,1-4H3,(H,22,25)/p+1. The van der Waals surface area contributed by atoms with E-state index in [1.165, 1.54) is 21.3 Å². The summed E-state index contributed by atoms with van der Waals surface area (Å²) in [6.07, 6.45) is 0.994. The average molecular weight is 415 g/mol. The Morgan fingerprint density at radius 1 is 1.14 bits per heavy atom. The average Bonchev–Trinajstić information content (AvgIpc) is 2.65. The molecule has 1 aromatic carbocycles. The van der Waals surface area contributed by atoms with Crippen molar-refractivity contribution in [2.75, 3.05) is 26.2 Å². The van der Waals surface area contributed by atoms with Crippen molar-refractivity contribution < 1.29 is 22.5 Å². The Morgan fingerprint density at radius 3 is 2.18 bits per heavy atom. The molecule has 1 fully saturated rings. The second-order valence-corrected chi connectivity index (χ2v) is 10.00. The number of piperidine rings is 1. The minimum atomic E-state index is -3.64. The van der Waals surface area contributed by atoms with Gasteiger partial charge < -0.3 is 10.2 Å². The zero-order valence-electron chi connectivity index (χ0n) is 17.2. The molecule has 2 rings (SSSR count). The number of sulfonamides is 1. The summed E-state index contributed by atoms with van der Waals surface area (Å²) in [6, 6.07) is 5.84. The fraction of sp³-hybridized carbons (Fsp3) is 0.650. The number of carbonyl (C=O) groups excluding carboxylic acids is 1. The molecule has 1 saturated heterocycles. The second kappa shape index (κ2) is 9.80. The molecule has 0 bridgehead atoms. The molecule has 0 unspecified atom stereocenters. The molecule has 0 radical (unpaired) electrons. The molecule has 28 heavy (non-hydrogen) atoms. The van der Waals surface area contributed by atoms with Gasteiger partial charge in [0.15, 0.2) is 0 Å². The number of quaternary nitrogens is 1. The van der Waals surface area contributed by atoms with Crippen LogP contribution in [0, 0.1) is 11.7 Å². The van der Waals surface area contributed by atoms with Crippen LogP contribution in [0.4, 0.5) is 4.39 Å². The Labute approximate surface area is 168 Å². The third kappa shape index (κ3) is 5.75. The summed E-state index contributed by atoms with van der Waals surface area (Å²) in [7, 11) is -3.64. The summed E-state index contributed by atoms with van der Waals surface area (Å²) >= 11 is 0. The lowest BCUT2D eigenvalue weighted by molar-refractivity contribution is -0.941. The molecule has 1 amide bonds. The first-order valence-corrected chi connectivity index (χ1v) is 11.5. The number of carbonyl (C=O) groups is 1. The van der Waals surface area contributed by atoms with E-state index >= 15 is 0 Å². The third-order valence-corrected chi connectivity index (χ3v) is 7.39. The predicted molar refractivity (Wildman–Crippen MR) is 107 cm³/mol. The molecule has 1 heterocycles. The highest BCUT2D eigenvalue weighted by atomic mass is 32.2. The number of hydrogen-bond donors (Lipinski definition) is 2. The molecule has 0 spiro atoms. The van der Waals surface area contributed by atoms with Crippen molar-refractivity contribution in [1.29, 1.82) is 0 Å². The lowest BCUT2D eigenvalue weighted by Gasteiger charge is -2.31. The van der Waals surface area contributed by atoms with Crippen LogP contribution in [0.15, 0.2) is 29.2 Å². The Morgan fingerprint density at radius 2 is 1.68 bits per heavy atom. The fourth-order valence-electron chi connectivity index (χ4n) is 3.83. The first-order valence-electron chi connectivity index (χ1n) is 10.0. The Balaban J connectivity index is 1.84. The number of amides is 1.